The smallest absolute Gasteiger partial charge is 0.323 e. The first-order valence-electron chi connectivity index (χ1n) is 11.5. The number of benzene rings is 2. The number of nitrogens with two attached hydrogens (primary N) is 1. The van der Waals surface area contributed by atoms with Gasteiger partial charge in [0.2, 0.25) is 0 Å². The van der Waals surface area contributed by atoms with Gasteiger partial charge in [0.15, 0.2) is 5.82 Å². The summed E-state index contributed by atoms with van der Waals surface area (Å²) in [5, 5.41) is 10.0. The Hall–Kier alpha value is -3.13. The molecule has 0 aliphatic carbocycles. The highest BCUT2D eigenvalue weighted by molar-refractivity contribution is 8.24. The number of nitrogens with zero attached hydrogens (tertiary/aromatic N) is 4. The average molecular weight is 580 g/mol. The summed E-state index contributed by atoms with van der Waals surface area (Å²) in [4.78, 5) is 18.6. The second-order valence-corrected chi connectivity index (χ2v) is 12.1. The number of rotatable bonds is 5. The minimum Gasteiger partial charge on any atom is -0.382 e. The number of aromatic nitrogens is 3. The van der Waals surface area contributed by atoms with Gasteiger partial charge in [-0.25, -0.2) is 18.7 Å². The lowest BCUT2D eigenvalue weighted by Crippen LogP contribution is -2.38. The van der Waals surface area contributed by atoms with Gasteiger partial charge in [0.25, 0.3) is 0 Å². The molecular weight excluding hydrogens is 556 g/mol. The van der Waals surface area contributed by atoms with E-state index < -0.39 is 22.4 Å². The van der Waals surface area contributed by atoms with Crippen molar-refractivity contribution in [1.82, 2.24) is 19.5 Å². The SMILES string of the molecule is Nc1ncnn2c(CN3CCS(O)(O)CC3)cc(-c3ccc(NC(=O)Nc4ccc(Cl)c(Cl)c4)c(F)c3)c12. The van der Waals surface area contributed by atoms with Crippen molar-refractivity contribution in [1.29, 1.82) is 0 Å². The minimum atomic E-state index is -2.52. The summed E-state index contributed by atoms with van der Waals surface area (Å²) in [6, 6.07) is 10.2. The monoisotopic (exact) mass is 579 g/mol. The third-order valence-corrected chi connectivity index (χ3v) is 8.63. The van der Waals surface area contributed by atoms with Crippen molar-refractivity contribution in [3.8, 4) is 11.1 Å². The topological polar surface area (TPSA) is 141 Å². The van der Waals surface area contributed by atoms with Gasteiger partial charge in [-0.15, -0.1) is 0 Å². The van der Waals surface area contributed by atoms with Crippen LogP contribution in [0, 0.1) is 5.82 Å². The van der Waals surface area contributed by atoms with Crippen molar-refractivity contribution in [3.63, 3.8) is 0 Å². The molecule has 5 rings (SSSR count). The number of fused-ring (bicyclic) bond motifs is 1. The van der Waals surface area contributed by atoms with E-state index in [1.807, 2.05) is 6.07 Å². The van der Waals surface area contributed by atoms with Gasteiger partial charge in [0, 0.05) is 30.9 Å². The molecule has 10 nitrogen and oxygen atoms in total. The molecule has 2 amide bonds. The van der Waals surface area contributed by atoms with Crippen LogP contribution in [-0.4, -0.2) is 59.2 Å². The predicted octanol–water partition coefficient (Wildman–Crippen LogP) is 5.63. The molecule has 6 N–H and O–H groups in total. The van der Waals surface area contributed by atoms with Crippen LogP contribution in [-0.2, 0) is 6.54 Å². The van der Waals surface area contributed by atoms with Crippen LogP contribution in [0.1, 0.15) is 5.69 Å². The largest absolute Gasteiger partial charge is 0.382 e. The summed E-state index contributed by atoms with van der Waals surface area (Å²) in [6.45, 7) is 1.56. The first-order valence-corrected chi connectivity index (χ1v) is 14.1. The van der Waals surface area contributed by atoms with Gasteiger partial charge in [-0.3, -0.25) is 14.0 Å². The van der Waals surface area contributed by atoms with Crippen LogP contribution in [0.15, 0.2) is 48.8 Å². The number of hydrogen-bond donors (Lipinski definition) is 5. The van der Waals surface area contributed by atoms with Crippen molar-refractivity contribution in [2.75, 3.05) is 41.0 Å². The number of nitrogens with one attached hydrogen (secondary N) is 2. The molecule has 0 spiro atoms. The van der Waals surface area contributed by atoms with Gasteiger partial charge >= 0.3 is 6.03 Å². The Morgan fingerprint density at radius 3 is 2.55 bits per heavy atom. The Kier molecular flexibility index (Phi) is 7.36. The average Bonchev–Trinajstić information content (AvgIpc) is 3.23. The standard InChI is InChI=1S/C24H24Cl2FN7O3S/c25-18-3-2-15(10-19(18)26)31-24(35)32-21-4-1-14(9-20(21)27)17-11-16(34-22(17)23(28)29-13-30-34)12-33-5-7-38(36,37)8-6-33/h1-4,9-11,13,36-37H,5-8,12H2,(H2,28,29,30)(H2,31,32,35). The van der Waals surface area contributed by atoms with Gasteiger partial charge in [-0.2, -0.15) is 15.7 Å². The van der Waals surface area contributed by atoms with Gasteiger partial charge in [-0.05, 0) is 42.0 Å². The molecule has 0 radical (unpaired) electrons. The summed E-state index contributed by atoms with van der Waals surface area (Å²) >= 11 is 11.9. The second kappa shape index (κ2) is 10.6. The Balaban J connectivity index is 1.38. The maximum Gasteiger partial charge on any atom is 0.323 e. The van der Waals surface area contributed by atoms with Gasteiger partial charge in [0.05, 0.1) is 32.9 Å². The van der Waals surface area contributed by atoms with E-state index in [0.29, 0.717) is 58.5 Å². The Bertz CT molecular complexity index is 1520. The van der Waals surface area contributed by atoms with Crippen molar-refractivity contribution in [2.45, 2.75) is 6.54 Å². The number of nitrogen functional groups attached to an aromatic ring is 1. The first-order chi connectivity index (χ1) is 18.1. The molecule has 0 saturated carbocycles. The van der Waals surface area contributed by atoms with E-state index >= 15 is 4.39 Å². The molecule has 0 atom stereocenters. The van der Waals surface area contributed by atoms with E-state index in [9.17, 15) is 13.9 Å². The van der Waals surface area contributed by atoms with Crippen molar-refractivity contribution in [3.05, 3.63) is 70.3 Å². The number of anilines is 3. The molecular formula is C24H24Cl2FN7O3S. The Morgan fingerprint density at radius 1 is 1.08 bits per heavy atom. The maximum absolute atomic E-state index is 15.1. The van der Waals surface area contributed by atoms with E-state index in [1.165, 1.54) is 24.5 Å². The summed E-state index contributed by atoms with van der Waals surface area (Å²) in [5.74, 6) is 0.221. The van der Waals surface area contributed by atoms with Crippen LogP contribution in [0.2, 0.25) is 10.0 Å². The van der Waals surface area contributed by atoms with Crippen LogP contribution in [0.5, 0.6) is 0 Å². The number of amides is 2. The lowest BCUT2D eigenvalue weighted by Gasteiger charge is -2.40. The molecule has 14 heteroatoms. The number of carbonyl (C=O) groups is 1. The molecule has 3 heterocycles. The van der Waals surface area contributed by atoms with Crippen molar-refractivity contribution < 1.29 is 18.3 Å². The van der Waals surface area contributed by atoms with Crippen LogP contribution in [0.3, 0.4) is 0 Å². The molecule has 1 aliphatic rings. The molecule has 2 aromatic heterocycles. The van der Waals surface area contributed by atoms with Gasteiger partial charge in [-0.1, -0.05) is 29.3 Å². The number of carbonyl (C=O) groups excluding carboxylic acids is 1. The van der Waals surface area contributed by atoms with Crippen LogP contribution >= 0.6 is 33.8 Å². The zero-order valence-electron chi connectivity index (χ0n) is 19.9. The number of halogens is 3. The Morgan fingerprint density at radius 2 is 1.84 bits per heavy atom. The third kappa shape index (κ3) is 5.65. The zero-order chi connectivity index (χ0) is 27.0. The quantitative estimate of drug-likeness (QED) is 0.206. The summed E-state index contributed by atoms with van der Waals surface area (Å²) in [6.07, 6.45) is 1.35. The number of urea groups is 1. The normalized spacial score (nSPS) is 16.3. The second-order valence-electron chi connectivity index (χ2n) is 8.84. The fourth-order valence-corrected chi connectivity index (χ4v) is 5.86. The van der Waals surface area contributed by atoms with E-state index in [4.69, 9.17) is 28.9 Å². The fourth-order valence-electron chi connectivity index (χ4n) is 4.26. The lowest BCUT2D eigenvalue weighted by molar-refractivity contribution is 0.262. The van der Waals surface area contributed by atoms with Crippen molar-refractivity contribution >= 4 is 62.5 Å². The Labute approximate surface area is 228 Å². The molecule has 0 bridgehead atoms. The molecule has 38 heavy (non-hydrogen) atoms. The molecule has 4 aromatic rings. The maximum atomic E-state index is 15.1. The highest BCUT2D eigenvalue weighted by atomic mass is 35.5. The van der Waals surface area contributed by atoms with E-state index in [-0.39, 0.29) is 16.5 Å². The minimum absolute atomic E-state index is 0.0217. The van der Waals surface area contributed by atoms with E-state index in [1.54, 1.807) is 22.7 Å². The molecule has 200 valence electrons. The van der Waals surface area contributed by atoms with E-state index in [0.717, 1.165) is 5.69 Å². The highest BCUT2D eigenvalue weighted by Gasteiger charge is 2.24. The summed E-state index contributed by atoms with van der Waals surface area (Å²) in [7, 11) is -2.52. The number of hydrogen-bond acceptors (Lipinski definition) is 7. The fraction of sp³-hybridized carbons (Fsp3) is 0.208. The third-order valence-electron chi connectivity index (χ3n) is 6.22. The van der Waals surface area contributed by atoms with Gasteiger partial charge in [0.1, 0.15) is 17.7 Å². The van der Waals surface area contributed by atoms with Gasteiger partial charge < -0.3 is 16.4 Å². The van der Waals surface area contributed by atoms with Crippen LogP contribution in [0.4, 0.5) is 26.4 Å². The molecule has 1 saturated heterocycles. The lowest BCUT2D eigenvalue weighted by atomic mass is 10.1. The molecule has 2 aromatic carbocycles. The van der Waals surface area contributed by atoms with Crippen molar-refractivity contribution in [2.24, 2.45) is 0 Å². The highest BCUT2D eigenvalue weighted by Crippen LogP contribution is 2.41. The zero-order valence-corrected chi connectivity index (χ0v) is 22.2. The van der Waals surface area contributed by atoms with E-state index in [2.05, 4.69) is 25.6 Å². The summed E-state index contributed by atoms with van der Waals surface area (Å²) < 4.78 is 36.6. The first kappa shape index (κ1) is 26.5. The molecule has 1 fully saturated rings. The van der Waals surface area contributed by atoms with Crippen LogP contribution < -0.4 is 16.4 Å². The molecule has 1 aliphatic heterocycles. The predicted molar refractivity (Wildman–Crippen MR) is 150 cm³/mol. The molecule has 0 unspecified atom stereocenters. The van der Waals surface area contributed by atoms with Crippen LogP contribution in [0.25, 0.3) is 16.6 Å². The summed E-state index contributed by atoms with van der Waals surface area (Å²) in [5.41, 5.74) is 9.04.